The van der Waals surface area contributed by atoms with E-state index in [9.17, 15) is 14.4 Å². The third-order valence-corrected chi connectivity index (χ3v) is 2.01. The van der Waals surface area contributed by atoms with Gasteiger partial charge in [0.25, 0.3) is 0 Å². The zero-order valence-corrected chi connectivity index (χ0v) is 10.0. The number of carbonyl (C=O) groups is 3. The molecule has 1 rings (SSSR count). The van der Waals surface area contributed by atoms with E-state index in [1.807, 2.05) is 0 Å². The van der Waals surface area contributed by atoms with Gasteiger partial charge in [0, 0.05) is 12.6 Å². The Bertz CT molecular complexity index is 495. The second-order valence-corrected chi connectivity index (χ2v) is 3.51. The number of carboxylic acid groups (broad SMARTS) is 1. The van der Waals surface area contributed by atoms with Gasteiger partial charge in [0.2, 0.25) is 5.91 Å². The van der Waals surface area contributed by atoms with E-state index in [4.69, 9.17) is 9.84 Å². The number of nitrogens with one attached hydrogen (secondary N) is 1. The quantitative estimate of drug-likeness (QED) is 0.791. The molecule has 0 bridgehead atoms. The van der Waals surface area contributed by atoms with Crippen LogP contribution in [0, 0.1) is 0 Å². The van der Waals surface area contributed by atoms with E-state index >= 15 is 0 Å². The molecule has 0 fully saturated rings. The Morgan fingerprint density at radius 2 is 1.83 bits per heavy atom. The van der Waals surface area contributed by atoms with Crippen LogP contribution in [0.1, 0.15) is 34.6 Å². The summed E-state index contributed by atoms with van der Waals surface area (Å²) in [5, 5.41) is 11.3. The SMILES string of the molecule is CCOC(=O)c1cc(NC(C)=O)cc(C(=O)O)c1. The number of hydrogen-bond acceptors (Lipinski definition) is 4. The van der Waals surface area contributed by atoms with Crippen molar-refractivity contribution in [1.29, 1.82) is 0 Å². The van der Waals surface area contributed by atoms with E-state index in [0.29, 0.717) is 0 Å². The highest BCUT2D eigenvalue weighted by Crippen LogP contribution is 2.16. The summed E-state index contributed by atoms with van der Waals surface area (Å²) in [5.74, 6) is -2.17. The van der Waals surface area contributed by atoms with Gasteiger partial charge < -0.3 is 15.2 Å². The maximum absolute atomic E-state index is 11.5. The number of aromatic carboxylic acids is 1. The zero-order valence-electron chi connectivity index (χ0n) is 10.0. The van der Waals surface area contributed by atoms with Crippen LogP contribution in [-0.2, 0) is 9.53 Å². The van der Waals surface area contributed by atoms with Crippen LogP contribution in [0.2, 0.25) is 0 Å². The topological polar surface area (TPSA) is 92.7 Å². The van der Waals surface area contributed by atoms with Gasteiger partial charge in [0.15, 0.2) is 0 Å². The maximum atomic E-state index is 11.5. The number of benzene rings is 1. The van der Waals surface area contributed by atoms with Crippen LogP contribution in [0.5, 0.6) is 0 Å². The summed E-state index contributed by atoms with van der Waals surface area (Å²) in [4.78, 5) is 33.4. The van der Waals surface area contributed by atoms with Gasteiger partial charge in [-0.05, 0) is 25.1 Å². The lowest BCUT2D eigenvalue weighted by Gasteiger charge is -2.07. The summed E-state index contributed by atoms with van der Waals surface area (Å²) in [6.45, 7) is 3.12. The van der Waals surface area contributed by atoms with Crippen LogP contribution in [0.15, 0.2) is 18.2 Å². The average molecular weight is 251 g/mol. The highest BCUT2D eigenvalue weighted by atomic mass is 16.5. The Kier molecular flexibility index (Phi) is 4.42. The molecule has 6 heteroatoms. The summed E-state index contributed by atoms with van der Waals surface area (Å²) in [6.07, 6.45) is 0. The molecular weight excluding hydrogens is 238 g/mol. The summed E-state index contributed by atoms with van der Waals surface area (Å²) in [6, 6.07) is 3.84. The van der Waals surface area contributed by atoms with E-state index < -0.39 is 11.9 Å². The first-order valence-electron chi connectivity index (χ1n) is 5.27. The van der Waals surface area contributed by atoms with Crippen LogP contribution in [-0.4, -0.2) is 29.6 Å². The van der Waals surface area contributed by atoms with E-state index in [-0.39, 0.29) is 29.3 Å². The monoisotopic (exact) mass is 251 g/mol. The molecule has 0 unspecified atom stereocenters. The first kappa shape index (κ1) is 13.7. The minimum atomic E-state index is -1.19. The van der Waals surface area contributed by atoms with Gasteiger partial charge in [0.1, 0.15) is 0 Å². The third kappa shape index (κ3) is 3.58. The molecule has 0 radical (unpaired) electrons. The molecule has 1 aromatic rings. The molecule has 18 heavy (non-hydrogen) atoms. The van der Waals surface area contributed by atoms with Crippen molar-refractivity contribution in [2.45, 2.75) is 13.8 Å². The Morgan fingerprint density at radius 3 is 2.33 bits per heavy atom. The van der Waals surface area contributed by atoms with Crippen molar-refractivity contribution < 1.29 is 24.2 Å². The van der Waals surface area contributed by atoms with Gasteiger partial charge in [-0.25, -0.2) is 9.59 Å². The minimum Gasteiger partial charge on any atom is -0.478 e. The molecule has 6 nitrogen and oxygen atoms in total. The first-order valence-corrected chi connectivity index (χ1v) is 5.27. The number of rotatable bonds is 4. The van der Waals surface area contributed by atoms with E-state index in [1.165, 1.54) is 25.1 Å². The average Bonchev–Trinajstić information content (AvgIpc) is 2.27. The lowest BCUT2D eigenvalue weighted by atomic mass is 10.1. The van der Waals surface area contributed by atoms with Crippen LogP contribution in [0.3, 0.4) is 0 Å². The lowest BCUT2D eigenvalue weighted by Crippen LogP contribution is -2.11. The molecule has 0 saturated carbocycles. The molecule has 0 spiro atoms. The van der Waals surface area contributed by atoms with E-state index in [1.54, 1.807) is 6.92 Å². The molecule has 1 amide bonds. The fourth-order valence-corrected chi connectivity index (χ4v) is 1.36. The zero-order chi connectivity index (χ0) is 13.7. The largest absolute Gasteiger partial charge is 0.478 e. The van der Waals surface area contributed by atoms with Crippen molar-refractivity contribution in [2.75, 3.05) is 11.9 Å². The van der Waals surface area contributed by atoms with Crippen LogP contribution < -0.4 is 5.32 Å². The smallest absolute Gasteiger partial charge is 0.338 e. The number of carbonyl (C=O) groups excluding carboxylic acids is 2. The molecule has 0 heterocycles. The van der Waals surface area contributed by atoms with Crippen molar-refractivity contribution in [2.24, 2.45) is 0 Å². The number of carboxylic acids is 1. The molecule has 0 aliphatic rings. The normalized spacial score (nSPS) is 9.67. The second-order valence-electron chi connectivity index (χ2n) is 3.51. The van der Waals surface area contributed by atoms with E-state index in [0.717, 1.165) is 0 Å². The Morgan fingerprint density at radius 1 is 1.22 bits per heavy atom. The molecule has 2 N–H and O–H groups in total. The highest BCUT2D eigenvalue weighted by Gasteiger charge is 2.13. The maximum Gasteiger partial charge on any atom is 0.338 e. The number of amides is 1. The number of hydrogen-bond donors (Lipinski definition) is 2. The molecule has 0 atom stereocenters. The number of esters is 1. The summed E-state index contributed by atoms with van der Waals surface area (Å²) >= 11 is 0. The number of ether oxygens (including phenoxy) is 1. The fraction of sp³-hybridized carbons (Fsp3) is 0.250. The molecular formula is C12H13NO5. The van der Waals surface area contributed by atoms with Crippen LogP contribution in [0.25, 0.3) is 0 Å². The molecule has 0 aliphatic carbocycles. The van der Waals surface area contributed by atoms with Crippen molar-refractivity contribution in [1.82, 2.24) is 0 Å². The van der Waals surface area contributed by atoms with Crippen molar-refractivity contribution in [3.05, 3.63) is 29.3 Å². The summed E-state index contributed by atoms with van der Waals surface area (Å²) in [5.41, 5.74) is 0.232. The third-order valence-electron chi connectivity index (χ3n) is 2.01. The predicted octanol–water partition coefficient (Wildman–Crippen LogP) is 1.52. The van der Waals surface area contributed by atoms with Gasteiger partial charge in [-0.3, -0.25) is 4.79 Å². The van der Waals surface area contributed by atoms with Gasteiger partial charge >= 0.3 is 11.9 Å². The van der Waals surface area contributed by atoms with Gasteiger partial charge in [-0.1, -0.05) is 0 Å². The predicted molar refractivity (Wildman–Crippen MR) is 63.7 cm³/mol. The molecule has 0 aromatic heterocycles. The Labute approximate surface area is 104 Å². The molecule has 0 saturated heterocycles. The van der Waals surface area contributed by atoms with Crippen molar-refractivity contribution >= 4 is 23.5 Å². The van der Waals surface area contributed by atoms with Gasteiger partial charge in [0.05, 0.1) is 17.7 Å². The highest BCUT2D eigenvalue weighted by molar-refractivity contribution is 5.98. The molecule has 1 aromatic carbocycles. The van der Waals surface area contributed by atoms with Crippen LogP contribution >= 0.6 is 0 Å². The van der Waals surface area contributed by atoms with Crippen molar-refractivity contribution in [3.8, 4) is 0 Å². The molecule has 96 valence electrons. The second kappa shape index (κ2) is 5.81. The Balaban J connectivity index is 3.17. The molecule has 0 aliphatic heterocycles. The number of anilines is 1. The van der Waals surface area contributed by atoms with E-state index in [2.05, 4.69) is 5.32 Å². The standard InChI is InChI=1S/C12H13NO5/c1-3-18-12(17)9-4-8(11(15)16)5-10(6-9)13-7(2)14/h4-6H,3H2,1-2H3,(H,13,14)(H,15,16). The first-order chi connectivity index (χ1) is 8.43. The fourth-order valence-electron chi connectivity index (χ4n) is 1.36. The Hall–Kier alpha value is -2.37. The van der Waals surface area contributed by atoms with Crippen LogP contribution in [0.4, 0.5) is 5.69 Å². The lowest BCUT2D eigenvalue weighted by molar-refractivity contribution is -0.114. The van der Waals surface area contributed by atoms with Gasteiger partial charge in [-0.2, -0.15) is 0 Å². The van der Waals surface area contributed by atoms with Gasteiger partial charge in [-0.15, -0.1) is 0 Å². The van der Waals surface area contributed by atoms with Crippen molar-refractivity contribution in [3.63, 3.8) is 0 Å². The minimum absolute atomic E-state index is 0.0838. The summed E-state index contributed by atoms with van der Waals surface area (Å²) < 4.78 is 4.78. The summed E-state index contributed by atoms with van der Waals surface area (Å²) in [7, 11) is 0.